The van der Waals surface area contributed by atoms with Gasteiger partial charge in [0, 0.05) is 5.56 Å². The number of unbranched alkanes of at least 4 members (excludes halogenated alkanes) is 3. The highest BCUT2D eigenvalue weighted by molar-refractivity contribution is 7.24. The lowest BCUT2D eigenvalue weighted by atomic mass is 9.94. The van der Waals surface area contributed by atoms with E-state index in [0.29, 0.717) is 16.9 Å². The third-order valence-electron chi connectivity index (χ3n) is 4.67. The van der Waals surface area contributed by atoms with Gasteiger partial charge >= 0.3 is 0 Å². The Labute approximate surface area is 168 Å². The number of halogens is 1. The summed E-state index contributed by atoms with van der Waals surface area (Å²) in [6.45, 7) is 2.16. The van der Waals surface area contributed by atoms with Crippen LogP contribution in [0, 0.1) is 0 Å². The molecule has 2 aromatic carbocycles. The molecule has 2 rings (SSSR count). The van der Waals surface area contributed by atoms with Crippen LogP contribution in [0.1, 0.15) is 66.2 Å². The summed E-state index contributed by atoms with van der Waals surface area (Å²) in [6, 6.07) is 14.4. The summed E-state index contributed by atoms with van der Waals surface area (Å²) in [5.41, 5.74) is 1.32. The monoisotopic (exact) mass is 404 g/mol. The van der Waals surface area contributed by atoms with Crippen LogP contribution in [0.4, 0.5) is 0 Å². The Morgan fingerprint density at radius 3 is 2.37 bits per heavy atom. The SMILES string of the molecule is CCCCCCC(Cl)C(P=O)c1ccccc1C(=O)c1ccccc1OC. The van der Waals surface area contributed by atoms with Crippen molar-refractivity contribution in [1.29, 1.82) is 0 Å². The van der Waals surface area contributed by atoms with E-state index in [0.717, 1.165) is 31.2 Å². The fourth-order valence-electron chi connectivity index (χ4n) is 3.18. The van der Waals surface area contributed by atoms with Crippen LogP contribution in [-0.4, -0.2) is 18.3 Å². The Kier molecular flexibility index (Phi) is 8.97. The molecule has 5 heteroatoms. The molecule has 2 unspecified atom stereocenters. The lowest BCUT2D eigenvalue weighted by Crippen LogP contribution is -2.14. The van der Waals surface area contributed by atoms with Crippen molar-refractivity contribution >= 4 is 25.8 Å². The van der Waals surface area contributed by atoms with Gasteiger partial charge in [0.2, 0.25) is 0 Å². The maximum Gasteiger partial charge on any atom is 0.197 e. The molecular formula is C22H26ClO3P. The third-order valence-corrected chi connectivity index (χ3v) is 6.18. The van der Waals surface area contributed by atoms with Crippen molar-refractivity contribution in [1.82, 2.24) is 0 Å². The van der Waals surface area contributed by atoms with Gasteiger partial charge in [0.1, 0.15) is 5.75 Å². The van der Waals surface area contributed by atoms with Crippen molar-refractivity contribution in [2.45, 2.75) is 50.1 Å². The quantitative estimate of drug-likeness (QED) is 0.178. The Balaban J connectivity index is 2.30. The van der Waals surface area contributed by atoms with Crippen LogP contribution in [0.5, 0.6) is 5.75 Å². The molecule has 0 amide bonds. The smallest absolute Gasteiger partial charge is 0.197 e. The predicted molar refractivity (Wildman–Crippen MR) is 112 cm³/mol. The molecular weight excluding hydrogens is 379 g/mol. The molecule has 144 valence electrons. The molecule has 27 heavy (non-hydrogen) atoms. The second-order valence-electron chi connectivity index (χ2n) is 6.53. The molecule has 0 aliphatic carbocycles. The summed E-state index contributed by atoms with van der Waals surface area (Å²) in [5, 5.41) is -0.285. The van der Waals surface area contributed by atoms with E-state index in [4.69, 9.17) is 16.3 Å². The van der Waals surface area contributed by atoms with Gasteiger partial charge in [0.25, 0.3) is 0 Å². The number of para-hydroxylation sites is 1. The third kappa shape index (κ3) is 5.64. The first-order chi connectivity index (χ1) is 13.1. The van der Waals surface area contributed by atoms with Gasteiger partial charge in [-0.25, -0.2) is 0 Å². The van der Waals surface area contributed by atoms with Gasteiger partial charge in [0.05, 0.1) is 23.7 Å². The van der Waals surface area contributed by atoms with Crippen LogP contribution in [0.25, 0.3) is 0 Å². The Bertz CT molecular complexity index is 763. The molecule has 0 saturated carbocycles. The number of hydrogen-bond donors (Lipinski definition) is 0. The number of hydrogen-bond acceptors (Lipinski definition) is 3. The number of carbonyl (C=O) groups excluding carboxylic acids is 1. The van der Waals surface area contributed by atoms with Gasteiger partial charge in [0.15, 0.2) is 14.2 Å². The first kappa shape index (κ1) is 21.6. The van der Waals surface area contributed by atoms with Crippen LogP contribution in [0.2, 0.25) is 0 Å². The lowest BCUT2D eigenvalue weighted by Gasteiger charge is -2.19. The Morgan fingerprint density at radius 1 is 1.04 bits per heavy atom. The van der Waals surface area contributed by atoms with Crippen LogP contribution < -0.4 is 4.74 Å². The Hall–Kier alpha value is -1.70. The molecule has 0 N–H and O–H groups in total. The van der Waals surface area contributed by atoms with E-state index in [1.165, 1.54) is 6.42 Å². The second kappa shape index (κ2) is 11.2. The number of ketones is 1. The minimum absolute atomic E-state index is 0.0680. The van der Waals surface area contributed by atoms with Crippen molar-refractivity contribution < 1.29 is 14.1 Å². The number of alkyl halides is 1. The summed E-state index contributed by atoms with van der Waals surface area (Å²) in [6.07, 6.45) is 5.22. The van der Waals surface area contributed by atoms with E-state index >= 15 is 0 Å². The van der Waals surface area contributed by atoms with E-state index < -0.39 is 5.66 Å². The van der Waals surface area contributed by atoms with Crippen molar-refractivity contribution in [3.8, 4) is 5.75 Å². The zero-order valence-corrected chi connectivity index (χ0v) is 17.5. The van der Waals surface area contributed by atoms with Crippen molar-refractivity contribution in [2.75, 3.05) is 7.11 Å². The van der Waals surface area contributed by atoms with Gasteiger partial charge in [-0.2, -0.15) is 0 Å². The molecule has 2 aromatic rings. The van der Waals surface area contributed by atoms with E-state index in [1.54, 1.807) is 31.4 Å². The zero-order chi connectivity index (χ0) is 19.6. The van der Waals surface area contributed by atoms with Gasteiger partial charge in [-0.1, -0.05) is 69.0 Å². The molecule has 0 heterocycles. The maximum absolute atomic E-state index is 13.2. The second-order valence-corrected chi connectivity index (χ2v) is 7.86. The first-order valence-electron chi connectivity index (χ1n) is 9.37. The molecule has 0 fully saturated rings. The van der Waals surface area contributed by atoms with Crippen molar-refractivity contribution in [3.05, 3.63) is 65.2 Å². The fraction of sp³-hybridized carbons (Fsp3) is 0.409. The van der Waals surface area contributed by atoms with Crippen LogP contribution in [-0.2, 0) is 4.57 Å². The summed E-state index contributed by atoms with van der Waals surface area (Å²) >= 11 is 6.60. The summed E-state index contributed by atoms with van der Waals surface area (Å²) in [7, 11) is 1.48. The highest BCUT2D eigenvalue weighted by Gasteiger charge is 2.27. The van der Waals surface area contributed by atoms with Gasteiger partial charge < -0.3 is 4.74 Å². The summed E-state index contributed by atoms with van der Waals surface area (Å²) in [4.78, 5) is 13.2. The van der Waals surface area contributed by atoms with E-state index in [9.17, 15) is 9.36 Å². The van der Waals surface area contributed by atoms with Crippen molar-refractivity contribution in [2.24, 2.45) is 0 Å². The number of rotatable bonds is 11. The van der Waals surface area contributed by atoms with Crippen LogP contribution in [0.3, 0.4) is 0 Å². The topological polar surface area (TPSA) is 43.4 Å². The zero-order valence-electron chi connectivity index (χ0n) is 15.9. The molecule has 0 aliphatic heterocycles. The fourth-order valence-corrected chi connectivity index (χ4v) is 4.23. The Morgan fingerprint density at radius 2 is 1.70 bits per heavy atom. The average molecular weight is 405 g/mol. The van der Waals surface area contributed by atoms with E-state index in [2.05, 4.69) is 6.92 Å². The highest BCUT2D eigenvalue weighted by atomic mass is 35.5. The van der Waals surface area contributed by atoms with E-state index in [1.807, 2.05) is 24.3 Å². The normalized spacial score (nSPS) is 13.3. The minimum atomic E-state index is -0.414. The lowest BCUT2D eigenvalue weighted by molar-refractivity contribution is 0.103. The molecule has 0 bridgehead atoms. The highest BCUT2D eigenvalue weighted by Crippen LogP contribution is 2.39. The standard InChI is InChI=1S/C22H26ClO3P/c1-3-4-5-6-14-19(23)22(27-25)17-12-8-7-11-16(17)21(24)18-13-9-10-15-20(18)26-2/h7-13,15,19,22H,3-6,14H2,1-2H3. The maximum atomic E-state index is 13.2. The van der Waals surface area contributed by atoms with Gasteiger partial charge in [-0.3, -0.25) is 9.36 Å². The molecule has 3 nitrogen and oxygen atoms in total. The van der Waals surface area contributed by atoms with Gasteiger partial charge in [-0.15, -0.1) is 11.6 Å². The minimum Gasteiger partial charge on any atom is -0.496 e. The summed E-state index contributed by atoms with van der Waals surface area (Å²) < 4.78 is 17.3. The number of ether oxygens (including phenoxy) is 1. The van der Waals surface area contributed by atoms with Crippen LogP contribution >= 0.6 is 20.1 Å². The number of methoxy groups -OCH3 is 1. The first-order valence-corrected chi connectivity index (χ1v) is 10.7. The largest absolute Gasteiger partial charge is 0.496 e. The molecule has 0 aromatic heterocycles. The predicted octanol–water partition coefficient (Wildman–Crippen LogP) is 6.84. The van der Waals surface area contributed by atoms with Gasteiger partial charge in [-0.05, 0) is 24.1 Å². The van der Waals surface area contributed by atoms with Crippen molar-refractivity contribution in [3.63, 3.8) is 0 Å². The van der Waals surface area contributed by atoms with Crippen LogP contribution in [0.15, 0.2) is 48.5 Å². The molecule has 0 aliphatic rings. The molecule has 0 radical (unpaired) electrons. The molecule has 0 spiro atoms. The summed E-state index contributed by atoms with van der Waals surface area (Å²) in [5.74, 6) is 0.377. The number of carbonyl (C=O) groups is 1. The molecule has 0 saturated heterocycles. The molecule has 2 atom stereocenters. The average Bonchev–Trinajstić information content (AvgIpc) is 2.71. The van der Waals surface area contributed by atoms with E-state index in [-0.39, 0.29) is 19.6 Å². The number of benzene rings is 2.